The second-order valence-electron chi connectivity index (χ2n) is 6.15. The SMILES string of the molecule is CC(NC(=O)Nc1ccccc1N1CCCC1=O)c1ccc(Cl)cc1Cl. The summed E-state index contributed by atoms with van der Waals surface area (Å²) in [5.74, 6) is 0.0703. The normalized spacial score (nSPS) is 15.0. The van der Waals surface area contributed by atoms with E-state index in [1.165, 1.54) is 0 Å². The summed E-state index contributed by atoms with van der Waals surface area (Å²) < 4.78 is 0. The third-order valence-corrected chi connectivity index (χ3v) is 4.86. The molecule has 26 heavy (non-hydrogen) atoms. The van der Waals surface area contributed by atoms with Crippen LogP contribution in [0, 0.1) is 0 Å². The van der Waals surface area contributed by atoms with Crippen molar-refractivity contribution in [2.24, 2.45) is 0 Å². The zero-order valence-corrected chi connectivity index (χ0v) is 15.8. The van der Waals surface area contributed by atoms with Crippen LogP contribution >= 0.6 is 23.2 Å². The number of rotatable bonds is 4. The molecular weight excluding hydrogens is 373 g/mol. The lowest BCUT2D eigenvalue weighted by Gasteiger charge is -2.21. The standard InChI is InChI=1S/C19H19Cl2N3O2/c1-12(14-9-8-13(20)11-15(14)21)22-19(26)23-16-5-2-3-6-17(16)24-10-4-7-18(24)25/h2-3,5-6,8-9,11-12H,4,7,10H2,1H3,(H2,22,23,26). The maximum atomic E-state index is 12.4. The van der Waals surface area contributed by atoms with E-state index in [1.54, 1.807) is 29.2 Å². The van der Waals surface area contributed by atoms with Gasteiger partial charge < -0.3 is 15.5 Å². The van der Waals surface area contributed by atoms with E-state index in [9.17, 15) is 9.59 Å². The molecule has 1 unspecified atom stereocenters. The number of anilines is 2. The minimum Gasteiger partial charge on any atom is -0.331 e. The van der Waals surface area contributed by atoms with Gasteiger partial charge in [0.15, 0.2) is 0 Å². The van der Waals surface area contributed by atoms with Crippen LogP contribution in [0.15, 0.2) is 42.5 Å². The predicted octanol–water partition coefficient (Wildman–Crippen LogP) is 5.00. The van der Waals surface area contributed by atoms with Gasteiger partial charge in [0.1, 0.15) is 0 Å². The number of nitrogens with one attached hydrogen (secondary N) is 2. The number of para-hydroxylation sites is 2. The Morgan fingerprint density at radius 3 is 2.65 bits per heavy atom. The Kier molecular flexibility index (Phi) is 5.69. The fourth-order valence-electron chi connectivity index (χ4n) is 3.00. The van der Waals surface area contributed by atoms with E-state index in [-0.39, 0.29) is 18.0 Å². The monoisotopic (exact) mass is 391 g/mol. The molecule has 2 aromatic carbocycles. The molecule has 0 radical (unpaired) electrons. The molecule has 1 fully saturated rings. The third-order valence-electron chi connectivity index (χ3n) is 4.29. The minimum atomic E-state index is -0.373. The second kappa shape index (κ2) is 7.98. The molecule has 0 bridgehead atoms. The van der Waals surface area contributed by atoms with Crippen LogP contribution < -0.4 is 15.5 Å². The van der Waals surface area contributed by atoms with E-state index in [2.05, 4.69) is 10.6 Å². The van der Waals surface area contributed by atoms with Gasteiger partial charge in [-0.3, -0.25) is 4.79 Å². The molecule has 3 amide bonds. The molecule has 1 atom stereocenters. The van der Waals surface area contributed by atoms with Crippen molar-refractivity contribution in [2.45, 2.75) is 25.8 Å². The maximum absolute atomic E-state index is 12.4. The van der Waals surface area contributed by atoms with Crippen molar-refractivity contribution in [3.63, 3.8) is 0 Å². The summed E-state index contributed by atoms with van der Waals surface area (Å²) in [5.41, 5.74) is 2.08. The van der Waals surface area contributed by atoms with E-state index in [0.717, 1.165) is 12.0 Å². The Morgan fingerprint density at radius 2 is 1.96 bits per heavy atom. The number of urea groups is 1. The number of hydrogen-bond donors (Lipinski definition) is 2. The van der Waals surface area contributed by atoms with Gasteiger partial charge >= 0.3 is 6.03 Å². The molecule has 0 saturated carbocycles. The number of halogens is 2. The summed E-state index contributed by atoms with van der Waals surface area (Å²) >= 11 is 12.1. The van der Waals surface area contributed by atoms with Crippen molar-refractivity contribution in [2.75, 3.05) is 16.8 Å². The van der Waals surface area contributed by atoms with Crippen LogP contribution in [-0.2, 0) is 4.79 Å². The molecule has 0 spiro atoms. The number of amides is 3. The summed E-state index contributed by atoms with van der Waals surface area (Å²) in [6.07, 6.45) is 1.36. The lowest BCUT2D eigenvalue weighted by molar-refractivity contribution is -0.117. The van der Waals surface area contributed by atoms with Crippen LogP contribution in [0.2, 0.25) is 10.0 Å². The van der Waals surface area contributed by atoms with Gasteiger partial charge in [0, 0.05) is 23.0 Å². The van der Waals surface area contributed by atoms with Crippen molar-refractivity contribution < 1.29 is 9.59 Å². The minimum absolute atomic E-state index is 0.0703. The predicted molar refractivity (Wildman–Crippen MR) is 105 cm³/mol. The summed E-state index contributed by atoms with van der Waals surface area (Å²) in [5, 5.41) is 6.71. The molecule has 2 aromatic rings. The first kappa shape index (κ1) is 18.5. The fraction of sp³-hybridized carbons (Fsp3) is 0.263. The Balaban J connectivity index is 1.71. The molecular formula is C19H19Cl2N3O2. The van der Waals surface area contributed by atoms with Crippen molar-refractivity contribution in [3.8, 4) is 0 Å². The molecule has 3 rings (SSSR count). The van der Waals surface area contributed by atoms with Crippen LogP contribution in [0.3, 0.4) is 0 Å². The lowest BCUT2D eigenvalue weighted by atomic mass is 10.1. The van der Waals surface area contributed by atoms with E-state index in [4.69, 9.17) is 23.2 Å². The smallest absolute Gasteiger partial charge is 0.319 e. The molecule has 1 aliphatic rings. The topological polar surface area (TPSA) is 61.4 Å². The number of nitrogens with zero attached hydrogens (tertiary/aromatic N) is 1. The van der Waals surface area contributed by atoms with Gasteiger partial charge in [0.05, 0.1) is 17.4 Å². The Labute approximate surface area is 162 Å². The van der Waals surface area contributed by atoms with Crippen LogP contribution in [0.1, 0.15) is 31.4 Å². The molecule has 0 aromatic heterocycles. The number of benzene rings is 2. The van der Waals surface area contributed by atoms with E-state index in [1.807, 2.05) is 25.1 Å². The molecule has 5 nitrogen and oxygen atoms in total. The van der Waals surface area contributed by atoms with Gasteiger partial charge in [-0.25, -0.2) is 4.79 Å². The third kappa shape index (κ3) is 4.11. The van der Waals surface area contributed by atoms with Gasteiger partial charge in [-0.2, -0.15) is 0 Å². The average Bonchev–Trinajstić information content (AvgIpc) is 3.01. The molecule has 7 heteroatoms. The fourth-order valence-corrected chi connectivity index (χ4v) is 3.58. The summed E-state index contributed by atoms with van der Waals surface area (Å²) in [6.45, 7) is 2.50. The van der Waals surface area contributed by atoms with Crippen LogP contribution in [0.25, 0.3) is 0 Å². The average molecular weight is 392 g/mol. The highest BCUT2D eigenvalue weighted by molar-refractivity contribution is 6.35. The van der Waals surface area contributed by atoms with E-state index >= 15 is 0 Å². The second-order valence-corrected chi connectivity index (χ2v) is 7.00. The first-order chi connectivity index (χ1) is 12.5. The highest BCUT2D eigenvalue weighted by Gasteiger charge is 2.24. The Bertz CT molecular complexity index is 841. The van der Waals surface area contributed by atoms with Gasteiger partial charge in [-0.15, -0.1) is 0 Å². The molecule has 1 saturated heterocycles. The van der Waals surface area contributed by atoms with Crippen LogP contribution in [-0.4, -0.2) is 18.5 Å². The maximum Gasteiger partial charge on any atom is 0.319 e. The first-order valence-electron chi connectivity index (χ1n) is 8.37. The summed E-state index contributed by atoms with van der Waals surface area (Å²) in [7, 11) is 0. The Morgan fingerprint density at radius 1 is 1.19 bits per heavy atom. The molecule has 136 valence electrons. The largest absolute Gasteiger partial charge is 0.331 e. The zero-order chi connectivity index (χ0) is 18.7. The molecule has 1 heterocycles. The van der Waals surface area contributed by atoms with Crippen molar-refractivity contribution >= 4 is 46.5 Å². The highest BCUT2D eigenvalue weighted by Crippen LogP contribution is 2.30. The van der Waals surface area contributed by atoms with E-state index in [0.29, 0.717) is 34.4 Å². The Hall–Kier alpha value is -2.24. The number of carbonyl (C=O) groups is 2. The van der Waals surface area contributed by atoms with Crippen molar-refractivity contribution in [1.82, 2.24) is 5.32 Å². The summed E-state index contributed by atoms with van der Waals surface area (Å²) in [4.78, 5) is 26.1. The van der Waals surface area contributed by atoms with E-state index < -0.39 is 0 Å². The van der Waals surface area contributed by atoms with Gasteiger partial charge in [0.2, 0.25) is 5.91 Å². The van der Waals surface area contributed by atoms with Gasteiger partial charge in [-0.05, 0) is 43.2 Å². The van der Waals surface area contributed by atoms with Gasteiger partial charge in [0.25, 0.3) is 0 Å². The highest BCUT2D eigenvalue weighted by atomic mass is 35.5. The molecule has 2 N–H and O–H groups in total. The quantitative estimate of drug-likeness (QED) is 0.769. The van der Waals surface area contributed by atoms with Crippen LogP contribution in [0.5, 0.6) is 0 Å². The first-order valence-corrected chi connectivity index (χ1v) is 9.13. The van der Waals surface area contributed by atoms with Gasteiger partial charge in [-0.1, -0.05) is 41.4 Å². The molecule has 1 aliphatic heterocycles. The van der Waals surface area contributed by atoms with Crippen molar-refractivity contribution in [1.29, 1.82) is 0 Å². The van der Waals surface area contributed by atoms with Crippen molar-refractivity contribution in [3.05, 3.63) is 58.1 Å². The zero-order valence-electron chi connectivity index (χ0n) is 14.3. The van der Waals surface area contributed by atoms with Crippen LogP contribution in [0.4, 0.5) is 16.2 Å². The molecule has 0 aliphatic carbocycles. The lowest BCUT2D eigenvalue weighted by Crippen LogP contribution is -2.32. The number of carbonyl (C=O) groups excluding carboxylic acids is 2. The number of hydrogen-bond acceptors (Lipinski definition) is 2. The summed E-state index contributed by atoms with van der Waals surface area (Å²) in [6, 6.07) is 11.8.